The molecule has 1 fully saturated rings. The molecule has 1 aromatic carbocycles. The number of carbonyl (C=O) groups is 2. The van der Waals surface area contributed by atoms with Gasteiger partial charge >= 0.3 is 11.8 Å². The molecule has 0 bridgehead atoms. The number of rotatable bonds is 5. The van der Waals surface area contributed by atoms with Gasteiger partial charge < -0.3 is 20.7 Å². The maximum absolute atomic E-state index is 11.4. The summed E-state index contributed by atoms with van der Waals surface area (Å²) in [5, 5.41) is 2.39. The summed E-state index contributed by atoms with van der Waals surface area (Å²) in [4.78, 5) is 33.4. The summed E-state index contributed by atoms with van der Waals surface area (Å²) in [6, 6.07) is 8.36. The number of primary amides is 1. The van der Waals surface area contributed by atoms with E-state index in [2.05, 4.69) is 20.2 Å². The molecule has 10 nitrogen and oxygen atoms in total. The van der Waals surface area contributed by atoms with Crippen LogP contribution < -0.4 is 16.0 Å². The number of amides is 2. The monoisotopic (exact) mass is 421 g/mol. The Morgan fingerprint density at radius 1 is 1.21 bits per heavy atom. The van der Waals surface area contributed by atoms with Crippen LogP contribution in [0.15, 0.2) is 30.3 Å². The number of nitrogens with one attached hydrogen (secondary N) is 1. The van der Waals surface area contributed by atoms with Crippen LogP contribution in [0.1, 0.15) is 5.69 Å². The van der Waals surface area contributed by atoms with E-state index < -0.39 is 22.4 Å². The van der Waals surface area contributed by atoms with Crippen LogP contribution in [0.25, 0.3) is 11.4 Å². The summed E-state index contributed by atoms with van der Waals surface area (Å²) in [6.07, 6.45) is 1.37. The standard InChI is InChI=1S/C18H23N5O5S/c1-29(26,27)11-14-10-15(23-6-8-28-9-7-23)22-17(20-14)12-2-4-13(5-3-12)21-18(25)16(19)24/h2-5,10,26-27H,6-9,11H2,1H3,(H2,19,24)(H,21,25). The number of anilines is 2. The van der Waals surface area contributed by atoms with E-state index >= 15 is 0 Å². The molecular formula is C18H23N5O5S. The first-order valence-corrected chi connectivity index (χ1v) is 11.0. The molecule has 2 amide bonds. The molecule has 1 saturated heterocycles. The van der Waals surface area contributed by atoms with Crippen LogP contribution in [0.3, 0.4) is 0 Å². The van der Waals surface area contributed by atoms with Gasteiger partial charge in [0.05, 0.1) is 24.7 Å². The minimum Gasteiger partial charge on any atom is -0.378 e. The first-order valence-electron chi connectivity index (χ1n) is 8.84. The highest BCUT2D eigenvalue weighted by Crippen LogP contribution is 2.38. The second-order valence-electron chi connectivity index (χ2n) is 6.67. The van der Waals surface area contributed by atoms with E-state index in [0.717, 1.165) is 0 Å². The second kappa shape index (κ2) is 8.74. The van der Waals surface area contributed by atoms with Gasteiger partial charge in [-0.2, -0.15) is 10.6 Å². The molecule has 1 aliphatic rings. The van der Waals surface area contributed by atoms with Crippen molar-refractivity contribution in [2.24, 2.45) is 5.73 Å². The third kappa shape index (κ3) is 5.87. The summed E-state index contributed by atoms with van der Waals surface area (Å²) in [6.45, 7) is 2.53. The molecule has 11 heteroatoms. The van der Waals surface area contributed by atoms with Crippen LogP contribution in [-0.2, 0) is 20.1 Å². The van der Waals surface area contributed by atoms with Gasteiger partial charge in [0.1, 0.15) is 5.82 Å². The van der Waals surface area contributed by atoms with Crippen LogP contribution in [0.2, 0.25) is 0 Å². The van der Waals surface area contributed by atoms with Crippen molar-refractivity contribution in [1.29, 1.82) is 0 Å². The van der Waals surface area contributed by atoms with Crippen molar-refractivity contribution in [3.63, 3.8) is 0 Å². The number of ether oxygens (including phenoxy) is 1. The number of hydrogen-bond donors (Lipinski definition) is 4. The number of carbonyl (C=O) groups excluding carboxylic acids is 2. The third-order valence-corrected chi connectivity index (χ3v) is 4.99. The highest BCUT2D eigenvalue weighted by Gasteiger charge is 2.18. The van der Waals surface area contributed by atoms with Crippen molar-refractivity contribution < 1.29 is 23.4 Å². The van der Waals surface area contributed by atoms with Crippen LogP contribution in [0, 0.1) is 0 Å². The Balaban J connectivity index is 1.91. The molecule has 0 unspecified atom stereocenters. The number of nitrogens with two attached hydrogens (primary N) is 1. The lowest BCUT2D eigenvalue weighted by atomic mass is 10.2. The van der Waals surface area contributed by atoms with Gasteiger partial charge in [-0.15, -0.1) is 0 Å². The first kappa shape index (κ1) is 21.0. The molecule has 2 aromatic rings. The zero-order valence-electron chi connectivity index (χ0n) is 15.9. The predicted molar refractivity (Wildman–Crippen MR) is 111 cm³/mol. The van der Waals surface area contributed by atoms with Crippen LogP contribution in [-0.4, -0.2) is 63.4 Å². The minimum atomic E-state index is -2.78. The molecule has 0 aliphatic carbocycles. The zero-order chi connectivity index (χ0) is 21.0. The van der Waals surface area contributed by atoms with Crippen molar-refractivity contribution in [2.75, 3.05) is 42.8 Å². The molecule has 156 valence electrons. The Kier molecular flexibility index (Phi) is 6.33. The highest BCUT2D eigenvalue weighted by atomic mass is 32.3. The average molecular weight is 421 g/mol. The number of morpholine rings is 1. The van der Waals surface area contributed by atoms with Gasteiger partial charge in [0.25, 0.3) is 0 Å². The van der Waals surface area contributed by atoms with Crippen molar-refractivity contribution in [3.05, 3.63) is 36.0 Å². The SMILES string of the molecule is CS(O)(O)Cc1cc(N2CCOCC2)nc(-c2ccc(NC(=O)C(N)=O)cc2)n1. The molecule has 0 saturated carbocycles. The fraction of sp³-hybridized carbons (Fsp3) is 0.333. The van der Waals surface area contributed by atoms with E-state index in [9.17, 15) is 18.7 Å². The number of hydrogen-bond acceptors (Lipinski definition) is 8. The largest absolute Gasteiger partial charge is 0.378 e. The maximum Gasteiger partial charge on any atom is 0.313 e. The summed E-state index contributed by atoms with van der Waals surface area (Å²) in [5.74, 6) is -0.854. The molecule has 2 heterocycles. The Bertz CT molecular complexity index is 895. The van der Waals surface area contributed by atoms with E-state index in [-0.39, 0.29) is 5.75 Å². The molecule has 0 radical (unpaired) electrons. The summed E-state index contributed by atoms with van der Waals surface area (Å²) < 4.78 is 25.1. The molecule has 5 N–H and O–H groups in total. The van der Waals surface area contributed by atoms with Crippen molar-refractivity contribution >= 4 is 33.9 Å². The van der Waals surface area contributed by atoms with E-state index in [1.807, 2.05) is 0 Å². The Labute approximate surface area is 169 Å². The minimum absolute atomic E-state index is 0.0204. The van der Waals surface area contributed by atoms with Crippen LogP contribution >= 0.6 is 10.6 Å². The maximum atomic E-state index is 11.4. The molecular weight excluding hydrogens is 398 g/mol. The van der Waals surface area contributed by atoms with E-state index in [1.54, 1.807) is 30.3 Å². The fourth-order valence-electron chi connectivity index (χ4n) is 2.82. The molecule has 1 aliphatic heterocycles. The number of nitrogens with zero attached hydrogens (tertiary/aromatic N) is 3. The van der Waals surface area contributed by atoms with Gasteiger partial charge in [-0.25, -0.2) is 9.97 Å². The molecule has 3 rings (SSSR count). The molecule has 29 heavy (non-hydrogen) atoms. The van der Waals surface area contributed by atoms with Crippen molar-refractivity contribution in [1.82, 2.24) is 9.97 Å². The van der Waals surface area contributed by atoms with Gasteiger partial charge in [-0.3, -0.25) is 18.7 Å². The predicted octanol–water partition coefficient (Wildman–Crippen LogP) is 1.28. The molecule has 0 atom stereocenters. The van der Waals surface area contributed by atoms with E-state index in [1.165, 1.54) is 6.26 Å². The normalized spacial score (nSPS) is 15.1. The Morgan fingerprint density at radius 2 is 1.86 bits per heavy atom. The highest BCUT2D eigenvalue weighted by molar-refractivity contribution is 8.23. The van der Waals surface area contributed by atoms with Gasteiger partial charge in [-0.05, 0) is 24.3 Å². The van der Waals surface area contributed by atoms with Gasteiger partial charge in [0.15, 0.2) is 5.82 Å². The van der Waals surface area contributed by atoms with Gasteiger partial charge in [-0.1, -0.05) is 0 Å². The van der Waals surface area contributed by atoms with Gasteiger partial charge in [0.2, 0.25) is 0 Å². The molecule has 1 aromatic heterocycles. The van der Waals surface area contributed by atoms with Crippen molar-refractivity contribution in [2.45, 2.75) is 5.75 Å². The molecule has 0 spiro atoms. The zero-order valence-corrected chi connectivity index (χ0v) is 16.7. The fourth-order valence-corrected chi connectivity index (χ4v) is 3.52. The number of aromatic nitrogens is 2. The topological polar surface area (TPSA) is 151 Å². The smallest absolute Gasteiger partial charge is 0.313 e. The number of benzene rings is 1. The lowest BCUT2D eigenvalue weighted by Gasteiger charge is -2.30. The third-order valence-electron chi connectivity index (χ3n) is 4.15. The van der Waals surface area contributed by atoms with Crippen LogP contribution in [0.4, 0.5) is 11.5 Å². The van der Waals surface area contributed by atoms with Crippen molar-refractivity contribution in [3.8, 4) is 11.4 Å². The first-order chi connectivity index (χ1) is 13.7. The van der Waals surface area contributed by atoms with Crippen LogP contribution in [0.5, 0.6) is 0 Å². The quantitative estimate of drug-likeness (QED) is 0.527. The summed E-state index contributed by atoms with van der Waals surface area (Å²) in [7, 11) is -2.78. The lowest BCUT2D eigenvalue weighted by molar-refractivity contribution is -0.134. The summed E-state index contributed by atoms with van der Waals surface area (Å²) in [5.41, 5.74) is 6.53. The van der Waals surface area contributed by atoms with Gasteiger partial charge in [0, 0.05) is 36.7 Å². The van der Waals surface area contributed by atoms with E-state index in [0.29, 0.717) is 54.9 Å². The van der Waals surface area contributed by atoms with E-state index in [4.69, 9.17) is 10.5 Å². The summed E-state index contributed by atoms with van der Waals surface area (Å²) >= 11 is 0. The Hall–Kier alpha value is -2.73. The average Bonchev–Trinajstić information content (AvgIpc) is 2.67. The lowest BCUT2D eigenvalue weighted by Crippen LogP contribution is -2.37. The second-order valence-corrected chi connectivity index (χ2v) is 8.95. The Morgan fingerprint density at radius 3 is 2.45 bits per heavy atom.